The van der Waals surface area contributed by atoms with Gasteiger partial charge in [0.2, 0.25) is 10.0 Å². The molecule has 1 atom stereocenters. The predicted octanol–water partition coefficient (Wildman–Crippen LogP) is 2.62. The van der Waals surface area contributed by atoms with E-state index >= 15 is 0 Å². The number of alkyl halides is 1. The number of nitrogens with zero attached hydrogens (tertiary/aromatic N) is 1. The van der Waals surface area contributed by atoms with E-state index < -0.39 is 10.0 Å². The summed E-state index contributed by atoms with van der Waals surface area (Å²) in [6.45, 7) is 3.50. The van der Waals surface area contributed by atoms with Crippen molar-refractivity contribution >= 4 is 21.6 Å². The molecular weight excluding hydrogens is 298 g/mol. The maximum absolute atomic E-state index is 12.7. The summed E-state index contributed by atoms with van der Waals surface area (Å²) in [5.41, 5.74) is 0.646. The van der Waals surface area contributed by atoms with Crippen molar-refractivity contribution in [3.8, 4) is 0 Å². The van der Waals surface area contributed by atoms with Crippen LogP contribution in [0.5, 0.6) is 0 Å². The summed E-state index contributed by atoms with van der Waals surface area (Å²) < 4.78 is 32.5. The molecule has 0 N–H and O–H groups in total. The zero-order chi connectivity index (χ0) is 14.6. The van der Waals surface area contributed by atoms with Gasteiger partial charge < -0.3 is 4.74 Å². The monoisotopic (exact) mass is 317 g/mol. The second-order valence-corrected chi connectivity index (χ2v) is 7.00. The lowest BCUT2D eigenvalue weighted by Crippen LogP contribution is -2.43. The molecule has 0 radical (unpaired) electrons. The standard InChI is InChI=1S/C14H20ClNO3S/c1-2-19-13-7-5-9-16(11-13)20(17,18)14-8-4-3-6-12(14)10-15/h3-4,6,8,13H,2,5,7,9-11H2,1H3. The molecule has 0 aromatic heterocycles. The van der Waals surface area contributed by atoms with Crippen molar-refractivity contribution in [2.45, 2.75) is 36.6 Å². The molecule has 1 aromatic rings. The van der Waals surface area contributed by atoms with Crippen LogP contribution in [-0.4, -0.2) is 38.5 Å². The molecule has 2 rings (SSSR count). The van der Waals surface area contributed by atoms with Crippen LogP contribution < -0.4 is 0 Å². The van der Waals surface area contributed by atoms with E-state index in [1.165, 1.54) is 4.31 Å². The lowest BCUT2D eigenvalue weighted by atomic mass is 10.1. The molecule has 1 aliphatic rings. The summed E-state index contributed by atoms with van der Waals surface area (Å²) in [5, 5.41) is 0. The fraction of sp³-hybridized carbons (Fsp3) is 0.571. The van der Waals surface area contributed by atoms with Crippen LogP contribution in [0.4, 0.5) is 0 Å². The Bertz CT molecular complexity index is 545. The summed E-state index contributed by atoms with van der Waals surface area (Å²) in [5.74, 6) is 0.193. The Kier molecular flexibility index (Phi) is 5.43. The molecule has 0 saturated carbocycles. The molecule has 20 heavy (non-hydrogen) atoms. The van der Waals surface area contributed by atoms with Gasteiger partial charge in [0.05, 0.1) is 11.0 Å². The Hall–Kier alpha value is -0.620. The maximum Gasteiger partial charge on any atom is 0.243 e. The first-order chi connectivity index (χ1) is 9.59. The Balaban J connectivity index is 2.25. The first-order valence-electron chi connectivity index (χ1n) is 6.85. The molecule has 4 nitrogen and oxygen atoms in total. The summed E-state index contributed by atoms with van der Waals surface area (Å²) in [7, 11) is -3.49. The third kappa shape index (κ3) is 3.34. The summed E-state index contributed by atoms with van der Waals surface area (Å²) >= 11 is 5.85. The maximum atomic E-state index is 12.7. The Morgan fingerprint density at radius 2 is 2.15 bits per heavy atom. The minimum Gasteiger partial charge on any atom is -0.377 e. The number of rotatable bonds is 5. The fourth-order valence-electron chi connectivity index (χ4n) is 2.50. The van der Waals surface area contributed by atoms with Gasteiger partial charge in [-0.25, -0.2) is 8.42 Å². The molecule has 0 bridgehead atoms. The van der Waals surface area contributed by atoms with E-state index in [0.29, 0.717) is 30.2 Å². The molecule has 0 aliphatic carbocycles. The molecule has 1 heterocycles. The zero-order valence-corrected chi connectivity index (χ0v) is 13.2. The van der Waals surface area contributed by atoms with E-state index in [9.17, 15) is 8.42 Å². The number of benzene rings is 1. The second-order valence-electron chi connectivity index (χ2n) is 4.82. The van der Waals surface area contributed by atoms with Crippen molar-refractivity contribution in [3.63, 3.8) is 0 Å². The van der Waals surface area contributed by atoms with Crippen molar-refractivity contribution in [1.29, 1.82) is 0 Å². The van der Waals surface area contributed by atoms with E-state index in [4.69, 9.17) is 16.3 Å². The van der Waals surface area contributed by atoms with Crippen LogP contribution in [0.1, 0.15) is 25.3 Å². The SMILES string of the molecule is CCOC1CCCN(S(=O)(=O)c2ccccc2CCl)C1. The quantitative estimate of drug-likeness (QED) is 0.784. The van der Waals surface area contributed by atoms with Gasteiger partial charge in [0.25, 0.3) is 0 Å². The van der Waals surface area contributed by atoms with E-state index in [1.807, 2.05) is 6.92 Å². The number of hydrogen-bond donors (Lipinski definition) is 0. The minimum atomic E-state index is -3.49. The summed E-state index contributed by atoms with van der Waals surface area (Å²) in [6.07, 6.45) is 1.73. The van der Waals surface area contributed by atoms with E-state index in [0.717, 1.165) is 12.8 Å². The van der Waals surface area contributed by atoms with Gasteiger partial charge in [0.15, 0.2) is 0 Å². The predicted molar refractivity (Wildman–Crippen MR) is 79.4 cm³/mol. The van der Waals surface area contributed by atoms with Gasteiger partial charge in [-0.3, -0.25) is 0 Å². The van der Waals surface area contributed by atoms with Gasteiger partial charge >= 0.3 is 0 Å². The second kappa shape index (κ2) is 6.89. The van der Waals surface area contributed by atoms with Crippen LogP contribution in [0, 0.1) is 0 Å². The average molecular weight is 318 g/mol. The van der Waals surface area contributed by atoms with Gasteiger partial charge in [0, 0.05) is 25.6 Å². The van der Waals surface area contributed by atoms with E-state index in [2.05, 4.69) is 0 Å². The minimum absolute atomic E-state index is 0.00770. The highest BCUT2D eigenvalue weighted by atomic mass is 35.5. The van der Waals surface area contributed by atoms with Crippen molar-refractivity contribution in [2.75, 3.05) is 19.7 Å². The first-order valence-corrected chi connectivity index (χ1v) is 8.82. The molecule has 1 unspecified atom stereocenters. The third-order valence-electron chi connectivity index (χ3n) is 3.48. The van der Waals surface area contributed by atoms with Crippen LogP contribution >= 0.6 is 11.6 Å². The molecule has 1 fully saturated rings. The average Bonchev–Trinajstić information content (AvgIpc) is 2.48. The van der Waals surface area contributed by atoms with Crippen molar-refractivity contribution in [1.82, 2.24) is 4.31 Å². The molecule has 1 aromatic carbocycles. The van der Waals surface area contributed by atoms with Crippen molar-refractivity contribution in [2.24, 2.45) is 0 Å². The third-order valence-corrected chi connectivity index (χ3v) is 5.73. The summed E-state index contributed by atoms with van der Waals surface area (Å²) in [4.78, 5) is 0.312. The van der Waals surface area contributed by atoms with Crippen LogP contribution in [-0.2, 0) is 20.6 Å². The molecule has 6 heteroatoms. The lowest BCUT2D eigenvalue weighted by molar-refractivity contribution is 0.0265. The van der Waals surface area contributed by atoms with Gasteiger partial charge in [-0.05, 0) is 31.4 Å². The van der Waals surface area contributed by atoms with Gasteiger partial charge in [-0.15, -0.1) is 11.6 Å². The zero-order valence-electron chi connectivity index (χ0n) is 11.6. The number of sulfonamides is 1. The van der Waals surface area contributed by atoms with Gasteiger partial charge in [0.1, 0.15) is 0 Å². The smallest absolute Gasteiger partial charge is 0.243 e. The molecular formula is C14H20ClNO3S. The number of halogens is 1. The fourth-order valence-corrected chi connectivity index (χ4v) is 4.54. The highest BCUT2D eigenvalue weighted by Crippen LogP contribution is 2.25. The van der Waals surface area contributed by atoms with Crippen LogP contribution in [0.25, 0.3) is 0 Å². The summed E-state index contributed by atoms with van der Waals surface area (Å²) in [6, 6.07) is 6.91. The van der Waals surface area contributed by atoms with Gasteiger partial charge in [-0.1, -0.05) is 18.2 Å². The van der Waals surface area contributed by atoms with Crippen molar-refractivity contribution < 1.29 is 13.2 Å². The first kappa shape index (κ1) is 15.8. The molecule has 0 spiro atoms. The highest BCUT2D eigenvalue weighted by molar-refractivity contribution is 7.89. The van der Waals surface area contributed by atoms with Crippen LogP contribution in [0.3, 0.4) is 0 Å². The topological polar surface area (TPSA) is 46.6 Å². The van der Waals surface area contributed by atoms with E-state index in [1.54, 1.807) is 24.3 Å². The lowest BCUT2D eigenvalue weighted by Gasteiger charge is -2.32. The van der Waals surface area contributed by atoms with Crippen LogP contribution in [0.15, 0.2) is 29.2 Å². The normalized spacial score (nSPS) is 21.0. The Morgan fingerprint density at radius 1 is 1.40 bits per heavy atom. The number of hydrogen-bond acceptors (Lipinski definition) is 3. The van der Waals surface area contributed by atoms with E-state index in [-0.39, 0.29) is 12.0 Å². The van der Waals surface area contributed by atoms with Crippen molar-refractivity contribution in [3.05, 3.63) is 29.8 Å². The Morgan fingerprint density at radius 3 is 2.85 bits per heavy atom. The molecule has 0 amide bonds. The molecule has 1 aliphatic heterocycles. The van der Waals surface area contributed by atoms with Gasteiger partial charge in [-0.2, -0.15) is 4.31 Å². The molecule has 1 saturated heterocycles. The number of ether oxygens (including phenoxy) is 1. The molecule has 112 valence electrons. The number of piperidine rings is 1. The highest BCUT2D eigenvalue weighted by Gasteiger charge is 2.31. The Labute approximate surface area is 125 Å². The van der Waals surface area contributed by atoms with Crippen LogP contribution in [0.2, 0.25) is 0 Å². The largest absolute Gasteiger partial charge is 0.377 e.